The molecule has 134 valence electrons. The van der Waals surface area contributed by atoms with Crippen molar-refractivity contribution < 1.29 is 9.53 Å². The lowest BCUT2D eigenvalue weighted by Gasteiger charge is -2.21. The monoisotopic (exact) mass is 350 g/mol. The first-order chi connectivity index (χ1) is 12.8. The van der Waals surface area contributed by atoms with Crippen molar-refractivity contribution in [2.75, 3.05) is 6.54 Å². The van der Waals surface area contributed by atoms with Crippen molar-refractivity contribution >= 4 is 5.91 Å². The number of hydrazine groups is 1. The van der Waals surface area contributed by atoms with Crippen molar-refractivity contribution in [3.05, 3.63) is 47.8 Å². The van der Waals surface area contributed by atoms with Gasteiger partial charge in [-0.2, -0.15) is 0 Å². The molecule has 1 aromatic carbocycles. The van der Waals surface area contributed by atoms with E-state index in [-0.39, 0.29) is 11.9 Å². The van der Waals surface area contributed by atoms with Gasteiger partial charge in [0.1, 0.15) is 12.4 Å². The van der Waals surface area contributed by atoms with Crippen LogP contribution in [0.5, 0.6) is 5.75 Å². The number of fused-ring (bicyclic) bond motifs is 3. The Balaban J connectivity index is 1.25. The molecule has 3 heterocycles. The molecule has 3 N–H and O–H groups in total. The Morgan fingerprint density at radius 3 is 3.04 bits per heavy atom. The smallest absolute Gasteiger partial charge is 0.251 e. The molecule has 2 fully saturated rings. The fourth-order valence-corrected chi connectivity index (χ4v) is 3.88. The molecule has 2 unspecified atom stereocenters. The zero-order valence-electron chi connectivity index (χ0n) is 14.5. The summed E-state index contributed by atoms with van der Waals surface area (Å²) < 4.78 is 5.82. The van der Waals surface area contributed by atoms with Crippen LogP contribution in [-0.2, 0) is 6.61 Å². The molecular formula is C20H22N4O2. The summed E-state index contributed by atoms with van der Waals surface area (Å²) in [6.45, 7) is 1.11. The van der Waals surface area contributed by atoms with Crippen LogP contribution in [0, 0.1) is 5.92 Å². The Bertz CT molecular complexity index is 849. The van der Waals surface area contributed by atoms with E-state index in [1.807, 2.05) is 30.5 Å². The summed E-state index contributed by atoms with van der Waals surface area (Å²) in [5.41, 5.74) is 10.5. The number of pyridine rings is 1. The first-order valence-electron chi connectivity index (χ1n) is 9.27. The van der Waals surface area contributed by atoms with Gasteiger partial charge in [-0.3, -0.25) is 20.6 Å². The predicted octanol–water partition coefficient (Wildman–Crippen LogP) is 2.02. The lowest BCUT2D eigenvalue weighted by atomic mass is 9.97. The highest BCUT2D eigenvalue weighted by Gasteiger charge is 2.36. The van der Waals surface area contributed by atoms with Crippen LogP contribution in [0.25, 0.3) is 11.1 Å². The quantitative estimate of drug-likeness (QED) is 0.787. The molecule has 1 amide bonds. The second-order valence-corrected chi connectivity index (χ2v) is 7.41. The lowest BCUT2D eigenvalue weighted by molar-refractivity contribution is 0.0949. The Labute approximate surface area is 152 Å². The molecule has 2 atom stereocenters. The van der Waals surface area contributed by atoms with Gasteiger partial charge in [0.15, 0.2) is 0 Å². The summed E-state index contributed by atoms with van der Waals surface area (Å²) >= 11 is 0. The van der Waals surface area contributed by atoms with E-state index in [9.17, 15) is 4.79 Å². The van der Waals surface area contributed by atoms with Gasteiger partial charge in [0, 0.05) is 47.7 Å². The van der Waals surface area contributed by atoms with Crippen LogP contribution in [0.3, 0.4) is 0 Å². The molecule has 6 heteroatoms. The zero-order chi connectivity index (χ0) is 17.5. The molecule has 1 aliphatic carbocycles. The van der Waals surface area contributed by atoms with Gasteiger partial charge in [-0.1, -0.05) is 0 Å². The van der Waals surface area contributed by atoms with E-state index in [0.29, 0.717) is 24.8 Å². The minimum absolute atomic E-state index is 0.0615. The number of rotatable bonds is 4. The molecule has 0 radical (unpaired) electrons. The number of aromatic nitrogens is 1. The third-order valence-electron chi connectivity index (χ3n) is 5.53. The summed E-state index contributed by atoms with van der Waals surface area (Å²) in [5, 5.41) is 3.04. The molecule has 1 saturated heterocycles. The molecule has 6 nitrogen and oxygen atoms in total. The third kappa shape index (κ3) is 2.95. The van der Waals surface area contributed by atoms with Gasteiger partial charge in [-0.05, 0) is 55.0 Å². The van der Waals surface area contributed by atoms with Gasteiger partial charge in [0.2, 0.25) is 0 Å². The average Bonchev–Trinajstić information content (AvgIpc) is 3.43. The molecule has 1 aromatic heterocycles. The Kier molecular flexibility index (Phi) is 3.87. The van der Waals surface area contributed by atoms with Crippen molar-refractivity contribution in [1.82, 2.24) is 21.2 Å². The van der Waals surface area contributed by atoms with Gasteiger partial charge in [0.05, 0.1) is 0 Å². The van der Waals surface area contributed by atoms with E-state index in [1.54, 1.807) is 6.20 Å². The van der Waals surface area contributed by atoms with E-state index in [2.05, 4.69) is 21.2 Å². The van der Waals surface area contributed by atoms with Crippen molar-refractivity contribution in [1.29, 1.82) is 0 Å². The summed E-state index contributed by atoms with van der Waals surface area (Å²) in [6, 6.07) is 8.50. The SMILES string of the molecule is O=C(NCC1CC(C2CC2)NN1)c1ccc2c(c1)OCc1cnccc1-2. The Morgan fingerprint density at radius 2 is 2.15 bits per heavy atom. The average molecular weight is 350 g/mol. The van der Waals surface area contributed by atoms with Crippen LogP contribution in [0.15, 0.2) is 36.7 Å². The van der Waals surface area contributed by atoms with E-state index in [4.69, 9.17) is 4.74 Å². The van der Waals surface area contributed by atoms with E-state index < -0.39 is 0 Å². The van der Waals surface area contributed by atoms with E-state index >= 15 is 0 Å². The maximum atomic E-state index is 12.5. The summed E-state index contributed by atoms with van der Waals surface area (Å²) in [7, 11) is 0. The summed E-state index contributed by atoms with van der Waals surface area (Å²) in [6.07, 6.45) is 7.34. The lowest BCUT2D eigenvalue weighted by Crippen LogP contribution is -2.40. The van der Waals surface area contributed by atoms with E-state index in [0.717, 1.165) is 34.8 Å². The molecule has 26 heavy (non-hydrogen) atoms. The minimum Gasteiger partial charge on any atom is -0.488 e. The zero-order valence-corrected chi connectivity index (χ0v) is 14.5. The molecule has 2 aromatic rings. The molecule has 0 spiro atoms. The second kappa shape index (κ2) is 6.37. The highest BCUT2D eigenvalue weighted by molar-refractivity contribution is 5.95. The maximum absolute atomic E-state index is 12.5. The molecule has 3 aliphatic rings. The largest absolute Gasteiger partial charge is 0.488 e. The summed E-state index contributed by atoms with van der Waals surface area (Å²) in [5.74, 6) is 1.51. The maximum Gasteiger partial charge on any atom is 0.251 e. The summed E-state index contributed by atoms with van der Waals surface area (Å²) in [4.78, 5) is 16.7. The fraction of sp³-hybridized carbons (Fsp3) is 0.400. The predicted molar refractivity (Wildman–Crippen MR) is 97.5 cm³/mol. The van der Waals surface area contributed by atoms with Crippen LogP contribution >= 0.6 is 0 Å². The van der Waals surface area contributed by atoms with Gasteiger partial charge < -0.3 is 10.1 Å². The normalized spacial score (nSPS) is 23.7. The number of carbonyl (C=O) groups is 1. The topological polar surface area (TPSA) is 75.3 Å². The molecular weight excluding hydrogens is 328 g/mol. The molecule has 1 saturated carbocycles. The number of hydrogen-bond acceptors (Lipinski definition) is 5. The standard InChI is InChI=1S/C20H22N4O2/c25-20(22-10-15-8-18(24-23-15)12-1-2-12)13-3-4-17-16-5-6-21-9-14(16)11-26-19(17)7-13/h3-7,9,12,15,18,23-24H,1-2,8,10-11H2,(H,22,25). The molecule has 5 rings (SSSR count). The number of ether oxygens (including phenoxy) is 1. The van der Waals surface area contributed by atoms with Gasteiger partial charge >= 0.3 is 0 Å². The van der Waals surface area contributed by atoms with Crippen molar-refractivity contribution in [3.8, 4) is 16.9 Å². The van der Waals surface area contributed by atoms with Gasteiger partial charge in [-0.25, -0.2) is 0 Å². The Hall–Kier alpha value is -2.44. The number of amides is 1. The van der Waals surface area contributed by atoms with Crippen molar-refractivity contribution in [3.63, 3.8) is 0 Å². The van der Waals surface area contributed by atoms with Crippen molar-refractivity contribution in [2.45, 2.75) is 38.0 Å². The molecule has 2 aliphatic heterocycles. The van der Waals surface area contributed by atoms with Crippen LogP contribution in [0.1, 0.15) is 35.2 Å². The van der Waals surface area contributed by atoms with Crippen LogP contribution in [-0.4, -0.2) is 29.5 Å². The van der Waals surface area contributed by atoms with E-state index in [1.165, 1.54) is 12.8 Å². The van der Waals surface area contributed by atoms with Gasteiger partial charge in [0.25, 0.3) is 5.91 Å². The number of benzene rings is 1. The number of hydrogen-bond donors (Lipinski definition) is 3. The Morgan fingerprint density at radius 1 is 1.23 bits per heavy atom. The first kappa shape index (κ1) is 15.8. The number of nitrogens with one attached hydrogen (secondary N) is 3. The first-order valence-corrected chi connectivity index (χ1v) is 9.27. The second-order valence-electron chi connectivity index (χ2n) is 7.41. The third-order valence-corrected chi connectivity index (χ3v) is 5.53. The minimum atomic E-state index is -0.0615. The molecule has 0 bridgehead atoms. The van der Waals surface area contributed by atoms with Crippen LogP contribution < -0.4 is 20.9 Å². The number of carbonyl (C=O) groups excluding carboxylic acids is 1. The van der Waals surface area contributed by atoms with Gasteiger partial charge in [-0.15, -0.1) is 0 Å². The number of nitrogens with zero attached hydrogens (tertiary/aromatic N) is 1. The highest BCUT2D eigenvalue weighted by Crippen LogP contribution is 2.37. The highest BCUT2D eigenvalue weighted by atomic mass is 16.5. The van der Waals surface area contributed by atoms with Crippen LogP contribution in [0.4, 0.5) is 0 Å². The fourth-order valence-electron chi connectivity index (χ4n) is 3.88. The van der Waals surface area contributed by atoms with Crippen LogP contribution in [0.2, 0.25) is 0 Å². The van der Waals surface area contributed by atoms with Crippen molar-refractivity contribution in [2.24, 2.45) is 5.92 Å².